The molecule has 1 heterocycles. The second kappa shape index (κ2) is 4.15. The highest BCUT2D eigenvalue weighted by molar-refractivity contribution is 5.73. The second-order valence-corrected chi connectivity index (χ2v) is 5.69. The third-order valence-electron chi connectivity index (χ3n) is 4.60. The van der Waals surface area contributed by atoms with E-state index in [1.165, 1.54) is 38.5 Å². The molecule has 1 spiro atoms. The standard InChI is InChI=1S/C13H23NO/c1-11-3-5-13(6-4-11)7-9-14(10-8-13)12(2)15/h11H,3-10H2,1-2H3. The van der Waals surface area contributed by atoms with Crippen LogP contribution in [0.5, 0.6) is 0 Å². The van der Waals surface area contributed by atoms with Crippen LogP contribution in [0.1, 0.15) is 52.4 Å². The number of hydrogen-bond donors (Lipinski definition) is 0. The van der Waals surface area contributed by atoms with E-state index < -0.39 is 0 Å². The van der Waals surface area contributed by atoms with Crippen molar-refractivity contribution in [3.63, 3.8) is 0 Å². The van der Waals surface area contributed by atoms with E-state index in [2.05, 4.69) is 6.92 Å². The summed E-state index contributed by atoms with van der Waals surface area (Å²) < 4.78 is 0. The van der Waals surface area contributed by atoms with Crippen molar-refractivity contribution in [2.45, 2.75) is 52.4 Å². The molecule has 2 aliphatic rings. The molecule has 1 aliphatic carbocycles. The van der Waals surface area contributed by atoms with Crippen LogP contribution in [-0.2, 0) is 4.79 Å². The summed E-state index contributed by atoms with van der Waals surface area (Å²) in [5.41, 5.74) is 0.610. The Balaban J connectivity index is 1.89. The highest BCUT2D eigenvalue weighted by Gasteiger charge is 2.37. The van der Waals surface area contributed by atoms with Gasteiger partial charge in [-0.05, 0) is 37.0 Å². The SMILES string of the molecule is CC(=O)N1CCC2(CCC(C)CC2)CC1. The Bertz CT molecular complexity index is 231. The average Bonchev–Trinajstić information content (AvgIpc) is 2.24. The van der Waals surface area contributed by atoms with Crippen molar-refractivity contribution in [3.8, 4) is 0 Å². The van der Waals surface area contributed by atoms with Crippen LogP contribution in [0.25, 0.3) is 0 Å². The number of hydrogen-bond acceptors (Lipinski definition) is 1. The molecule has 1 saturated carbocycles. The first kappa shape index (κ1) is 11.0. The molecule has 0 N–H and O–H groups in total. The predicted octanol–water partition coefficient (Wildman–Crippen LogP) is 2.83. The lowest BCUT2D eigenvalue weighted by atomic mass is 9.66. The summed E-state index contributed by atoms with van der Waals surface area (Å²) in [5, 5.41) is 0. The Morgan fingerprint density at radius 1 is 1.13 bits per heavy atom. The van der Waals surface area contributed by atoms with Crippen molar-refractivity contribution >= 4 is 5.91 Å². The van der Waals surface area contributed by atoms with Crippen molar-refractivity contribution in [2.24, 2.45) is 11.3 Å². The molecule has 2 fully saturated rings. The van der Waals surface area contributed by atoms with Gasteiger partial charge in [0.25, 0.3) is 0 Å². The predicted molar refractivity (Wildman–Crippen MR) is 61.6 cm³/mol. The topological polar surface area (TPSA) is 20.3 Å². The molecule has 0 radical (unpaired) electrons. The number of amides is 1. The lowest BCUT2D eigenvalue weighted by molar-refractivity contribution is -0.131. The van der Waals surface area contributed by atoms with Gasteiger partial charge in [0.1, 0.15) is 0 Å². The van der Waals surface area contributed by atoms with E-state index in [0.29, 0.717) is 5.41 Å². The van der Waals surface area contributed by atoms with Crippen LogP contribution >= 0.6 is 0 Å². The number of piperidine rings is 1. The van der Waals surface area contributed by atoms with Crippen LogP contribution in [0.2, 0.25) is 0 Å². The molecule has 86 valence electrons. The molecule has 15 heavy (non-hydrogen) atoms. The minimum absolute atomic E-state index is 0.258. The van der Waals surface area contributed by atoms with Gasteiger partial charge >= 0.3 is 0 Å². The van der Waals surface area contributed by atoms with E-state index in [9.17, 15) is 4.79 Å². The fourth-order valence-electron chi connectivity index (χ4n) is 3.17. The summed E-state index contributed by atoms with van der Waals surface area (Å²) in [6, 6.07) is 0. The molecular weight excluding hydrogens is 186 g/mol. The molecule has 2 heteroatoms. The molecule has 0 aromatic heterocycles. The quantitative estimate of drug-likeness (QED) is 0.601. The first-order valence-electron chi connectivity index (χ1n) is 6.37. The molecule has 1 saturated heterocycles. The van der Waals surface area contributed by atoms with Crippen LogP contribution in [0.3, 0.4) is 0 Å². The van der Waals surface area contributed by atoms with Gasteiger partial charge in [-0.1, -0.05) is 19.8 Å². The zero-order valence-corrected chi connectivity index (χ0v) is 10.1. The third kappa shape index (κ3) is 2.35. The first-order valence-corrected chi connectivity index (χ1v) is 6.37. The Morgan fingerprint density at radius 3 is 2.13 bits per heavy atom. The minimum Gasteiger partial charge on any atom is -0.343 e. The Labute approximate surface area is 93.0 Å². The molecule has 2 rings (SSSR count). The number of carbonyl (C=O) groups is 1. The van der Waals surface area contributed by atoms with E-state index >= 15 is 0 Å². The van der Waals surface area contributed by atoms with Crippen LogP contribution in [-0.4, -0.2) is 23.9 Å². The summed E-state index contributed by atoms with van der Waals surface area (Å²) in [6.07, 6.45) is 8.11. The maximum Gasteiger partial charge on any atom is 0.219 e. The monoisotopic (exact) mass is 209 g/mol. The van der Waals surface area contributed by atoms with Crippen LogP contribution in [0.15, 0.2) is 0 Å². The Kier molecular flexibility index (Phi) is 3.03. The molecule has 0 aromatic rings. The van der Waals surface area contributed by atoms with Crippen molar-refractivity contribution in [2.75, 3.05) is 13.1 Å². The van der Waals surface area contributed by atoms with E-state index in [4.69, 9.17) is 0 Å². The van der Waals surface area contributed by atoms with E-state index in [-0.39, 0.29) is 5.91 Å². The molecular formula is C13H23NO. The molecule has 2 nitrogen and oxygen atoms in total. The fourth-order valence-corrected chi connectivity index (χ4v) is 3.17. The smallest absolute Gasteiger partial charge is 0.219 e. The molecule has 0 bridgehead atoms. The zero-order valence-electron chi connectivity index (χ0n) is 10.1. The molecule has 0 atom stereocenters. The minimum atomic E-state index is 0.258. The first-order chi connectivity index (χ1) is 7.11. The van der Waals surface area contributed by atoms with Gasteiger partial charge in [-0.15, -0.1) is 0 Å². The van der Waals surface area contributed by atoms with Crippen LogP contribution in [0.4, 0.5) is 0 Å². The summed E-state index contributed by atoms with van der Waals surface area (Å²) in [6.45, 7) is 6.08. The van der Waals surface area contributed by atoms with Crippen molar-refractivity contribution in [1.82, 2.24) is 4.90 Å². The molecule has 1 aliphatic heterocycles. The normalized spacial score (nSPS) is 26.9. The molecule has 0 aromatic carbocycles. The summed E-state index contributed by atoms with van der Waals surface area (Å²) in [4.78, 5) is 13.3. The fraction of sp³-hybridized carbons (Fsp3) is 0.923. The van der Waals surface area contributed by atoms with Crippen molar-refractivity contribution in [3.05, 3.63) is 0 Å². The van der Waals surface area contributed by atoms with E-state index in [0.717, 1.165) is 19.0 Å². The summed E-state index contributed by atoms with van der Waals surface area (Å²) in [7, 11) is 0. The molecule has 0 unspecified atom stereocenters. The summed E-state index contributed by atoms with van der Waals surface area (Å²) >= 11 is 0. The maximum atomic E-state index is 11.2. The number of carbonyl (C=O) groups excluding carboxylic acids is 1. The van der Waals surface area contributed by atoms with Gasteiger partial charge in [0.15, 0.2) is 0 Å². The van der Waals surface area contributed by atoms with Gasteiger partial charge in [0.2, 0.25) is 5.91 Å². The maximum absolute atomic E-state index is 11.2. The van der Waals surface area contributed by atoms with Crippen LogP contribution in [0, 0.1) is 11.3 Å². The third-order valence-corrected chi connectivity index (χ3v) is 4.60. The van der Waals surface area contributed by atoms with E-state index in [1.54, 1.807) is 6.92 Å². The van der Waals surface area contributed by atoms with Gasteiger partial charge in [-0.25, -0.2) is 0 Å². The second-order valence-electron chi connectivity index (χ2n) is 5.69. The number of rotatable bonds is 0. The highest BCUT2D eigenvalue weighted by Crippen LogP contribution is 2.46. The highest BCUT2D eigenvalue weighted by atomic mass is 16.2. The molecule has 1 amide bonds. The van der Waals surface area contributed by atoms with E-state index in [1.807, 2.05) is 4.90 Å². The van der Waals surface area contributed by atoms with Gasteiger partial charge in [0, 0.05) is 20.0 Å². The van der Waals surface area contributed by atoms with Crippen LogP contribution < -0.4 is 0 Å². The summed E-state index contributed by atoms with van der Waals surface area (Å²) in [5.74, 6) is 1.19. The number of nitrogens with zero attached hydrogens (tertiary/aromatic N) is 1. The van der Waals surface area contributed by atoms with Crippen molar-refractivity contribution < 1.29 is 4.79 Å². The average molecular weight is 209 g/mol. The zero-order chi connectivity index (χ0) is 10.9. The lowest BCUT2D eigenvalue weighted by Gasteiger charge is -2.45. The van der Waals surface area contributed by atoms with Gasteiger partial charge in [-0.2, -0.15) is 0 Å². The Morgan fingerprint density at radius 2 is 1.67 bits per heavy atom. The largest absolute Gasteiger partial charge is 0.343 e. The lowest BCUT2D eigenvalue weighted by Crippen LogP contribution is -2.43. The van der Waals surface area contributed by atoms with Gasteiger partial charge in [0.05, 0.1) is 0 Å². The van der Waals surface area contributed by atoms with Crippen molar-refractivity contribution in [1.29, 1.82) is 0 Å². The van der Waals surface area contributed by atoms with Gasteiger partial charge < -0.3 is 4.90 Å². The number of likely N-dealkylation sites (tertiary alicyclic amines) is 1. The Hall–Kier alpha value is -0.530. The van der Waals surface area contributed by atoms with Gasteiger partial charge in [-0.3, -0.25) is 4.79 Å².